The van der Waals surface area contributed by atoms with Crippen molar-refractivity contribution >= 4 is 34.3 Å². The minimum Gasteiger partial charge on any atom is -0.488 e. The van der Waals surface area contributed by atoms with Crippen molar-refractivity contribution in [3.05, 3.63) is 58.4 Å². The van der Waals surface area contributed by atoms with Crippen LogP contribution in [0.1, 0.15) is 24.7 Å². The molecule has 1 saturated heterocycles. The lowest BCUT2D eigenvalue weighted by molar-refractivity contribution is 0.0584. The topological polar surface area (TPSA) is 58.7 Å². The van der Waals surface area contributed by atoms with Gasteiger partial charge in [-0.3, -0.25) is 0 Å². The Balaban J connectivity index is 1.27. The number of rotatable bonds is 6. The number of aromatic nitrogens is 1. The van der Waals surface area contributed by atoms with E-state index < -0.39 is 6.10 Å². The summed E-state index contributed by atoms with van der Waals surface area (Å²) in [6, 6.07) is 13.0. The van der Waals surface area contributed by atoms with Gasteiger partial charge in [0.05, 0.1) is 10.0 Å². The number of benzene rings is 2. The van der Waals surface area contributed by atoms with Crippen LogP contribution in [0.3, 0.4) is 0 Å². The average Bonchev–Trinajstić information content (AvgIpc) is 3.12. The number of hydrogen-bond acceptors (Lipinski definition) is 5. The summed E-state index contributed by atoms with van der Waals surface area (Å²) in [4.78, 5) is 6.86. The monoisotopic (exact) mass is 420 g/mol. The molecule has 1 unspecified atom stereocenters. The van der Waals surface area contributed by atoms with E-state index in [1.165, 1.54) is 0 Å². The molecule has 0 saturated carbocycles. The van der Waals surface area contributed by atoms with E-state index in [1.807, 2.05) is 24.3 Å². The summed E-state index contributed by atoms with van der Waals surface area (Å²) in [5.74, 6) is 1.55. The zero-order valence-corrected chi connectivity index (χ0v) is 16.9. The van der Waals surface area contributed by atoms with Gasteiger partial charge in [0.15, 0.2) is 17.2 Å². The molecule has 2 aromatic carbocycles. The second-order valence-corrected chi connectivity index (χ2v) is 7.92. The Kier molecular flexibility index (Phi) is 6.07. The van der Waals surface area contributed by atoms with E-state index in [4.69, 9.17) is 32.4 Å². The molecule has 1 fully saturated rings. The minimum atomic E-state index is -0.617. The smallest absolute Gasteiger partial charge is 0.198 e. The van der Waals surface area contributed by atoms with Crippen LogP contribution in [0, 0.1) is 0 Å². The average molecular weight is 421 g/mol. The SMILES string of the molecule is OC(COc1c(Cl)cccc1Cl)CN1CCC(c2nc3ccccc3o2)CC1. The van der Waals surface area contributed by atoms with Crippen molar-refractivity contribution in [3.63, 3.8) is 0 Å². The van der Waals surface area contributed by atoms with Gasteiger partial charge in [-0.05, 0) is 50.2 Å². The van der Waals surface area contributed by atoms with Gasteiger partial charge in [0.25, 0.3) is 0 Å². The molecular weight excluding hydrogens is 399 g/mol. The number of nitrogens with zero attached hydrogens (tertiary/aromatic N) is 2. The second kappa shape index (κ2) is 8.70. The third-order valence-corrected chi connectivity index (χ3v) is 5.65. The van der Waals surface area contributed by atoms with E-state index in [0.717, 1.165) is 42.9 Å². The molecule has 0 aliphatic carbocycles. The Morgan fingerprint density at radius 1 is 1.11 bits per heavy atom. The number of β-amino-alcohol motifs (C(OH)–C–C–N with tert-alkyl or cyclic N) is 1. The molecule has 1 N–H and O–H groups in total. The van der Waals surface area contributed by atoms with Crippen molar-refractivity contribution in [2.24, 2.45) is 0 Å². The highest BCUT2D eigenvalue weighted by atomic mass is 35.5. The quantitative estimate of drug-likeness (QED) is 0.622. The molecule has 0 bridgehead atoms. The Labute approximate surface area is 173 Å². The maximum Gasteiger partial charge on any atom is 0.198 e. The first-order valence-electron chi connectivity index (χ1n) is 9.43. The largest absolute Gasteiger partial charge is 0.488 e. The molecule has 148 valence electrons. The van der Waals surface area contributed by atoms with Crippen LogP contribution < -0.4 is 4.74 Å². The molecule has 1 aliphatic heterocycles. The van der Waals surface area contributed by atoms with Gasteiger partial charge in [-0.25, -0.2) is 4.98 Å². The van der Waals surface area contributed by atoms with Crippen molar-refractivity contribution < 1.29 is 14.3 Å². The molecule has 5 nitrogen and oxygen atoms in total. The van der Waals surface area contributed by atoms with E-state index in [-0.39, 0.29) is 6.61 Å². The highest BCUT2D eigenvalue weighted by Gasteiger charge is 2.26. The fourth-order valence-electron chi connectivity index (χ4n) is 3.58. The number of ether oxygens (including phenoxy) is 1. The van der Waals surface area contributed by atoms with Crippen LogP contribution in [0.25, 0.3) is 11.1 Å². The highest BCUT2D eigenvalue weighted by molar-refractivity contribution is 6.37. The summed E-state index contributed by atoms with van der Waals surface area (Å²) in [5, 5.41) is 11.2. The molecule has 0 amide bonds. The maximum atomic E-state index is 10.3. The number of oxazole rings is 1. The lowest BCUT2D eigenvalue weighted by Gasteiger charge is -2.31. The lowest BCUT2D eigenvalue weighted by atomic mass is 9.96. The first kappa shape index (κ1) is 19.5. The molecule has 28 heavy (non-hydrogen) atoms. The minimum absolute atomic E-state index is 0.147. The lowest BCUT2D eigenvalue weighted by Crippen LogP contribution is -2.40. The summed E-state index contributed by atoms with van der Waals surface area (Å²) < 4.78 is 11.5. The number of para-hydroxylation sites is 3. The second-order valence-electron chi connectivity index (χ2n) is 7.11. The predicted molar refractivity (Wildman–Crippen MR) is 110 cm³/mol. The summed E-state index contributed by atoms with van der Waals surface area (Å²) in [5.41, 5.74) is 1.75. The van der Waals surface area contributed by atoms with Gasteiger partial charge in [-0.15, -0.1) is 0 Å². The van der Waals surface area contributed by atoms with Gasteiger partial charge < -0.3 is 19.2 Å². The number of aliphatic hydroxyl groups is 1. The van der Waals surface area contributed by atoms with Crippen LogP contribution in [-0.2, 0) is 0 Å². The molecule has 1 aromatic heterocycles. The molecule has 1 aliphatic rings. The zero-order valence-electron chi connectivity index (χ0n) is 15.4. The van der Waals surface area contributed by atoms with Crippen molar-refractivity contribution in [1.29, 1.82) is 0 Å². The van der Waals surface area contributed by atoms with E-state index in [1.54, 1.807) is 18.2 Å². The number of hydrogen-bond donors (Lipinski definition) is 1. The first-order valence-corrected chi connectivity index (χ1v) is 10.2. The number of aliphatic hydroxyl groups excluding tert-OH is 1. The van der Waals surface area contributed by atoms with Crippen LogP contribution in [0.4, 0.5) is 0 Å². The molecule has 3 aromatic rings. The van der Waals surface area contributed by atoms with Gasteiger partial charge >= 0.3 is 0 Å². The Hall–Kier alpha value is -1.79. The number of piperidine rings is 1. The third-order valence-electron chi connectivity index (χ3n) is 5.06. The summed E-state index contributed by atoms with van der Waals surface area (Å²) in [6.45, 7) is 2.46. The van der Waals surface area contributed by atoms with Crippen LogP contribution >= 0.6 is 23.2 Å². The van der Waals surface area contributed by atoms with E-state index in [9.17, 15) is 5.11 Å². The van der Waals surface area contributed by atoms with Crippen LogP contribution in [0.2, 0.25) is 10.0 Å². The van der Waals surface area contributed by atoms with Gasteiger partial charge in [0.1, 0.15) is 18.2 Å². The van der Waals surface area contributed by atoms with Crippen molar-refractivity contribution in [3.8, 4) is 5.75 Å². The summed E-state index contributed by atoms with van der Waals surface area (Å²) >= 11 is 12.2. The molecule has 4 rings (SSSR count). The van der Waals surface area contributed by atoms with E-state index in [2.05, 4.69) is 9.88 Å². The molecule has 7 heteroatoms. The number of likely N-dealkylation sites (tertiary alicyclic amines) is 1. The van der Waals surface area contributed by atoms with E-state index >= 15 is 0 Å². The third kappa shape index (κ3) is 4.44. The molecule has 1 atom stereocenters. The normalized spacial score (nSPS) is 17.1. The predicted octanol–water partition coefficient (Wildman–Crippen LogP) is 4.75. The van der Waals surface area contributed by atoms with Crippen LogP contribution in [-0.4, -0.2) is 47.3 Å². The fourth-order valence-corrected chi connectivity index (χ4v) is 4.08. The summed E-state index contributed by atoms with van der Waals surface area (Å²) in [6.07, 6.45) is 1.29. The maximum absolute atomic E-state index is 10.3. The van der Waals surface area contributed by atoms with Crippen molar-refractivity contribution in [1.82, 2.24) is 9.88 Å². The number of fused-ring (bicyclic) bond motifs is 1. The van der Waals surface area contributed by atoms with Crippen LogP contribution in [0.15, 0.2) is 46.9 Å². The molecule has 2 heterocycles. The molecule has 0 radical (unpaired) electrons. The molecular formula is C21H22Cl2N2O3. The van der Waals surface area contributed by atoms with Gasteiger partial charge in [-0.2, -0.15) is 0 Å². The Bertz CT molecular complexity index is 885. The van der Waals surface area contributed by atoms with Crippen LogP contribution in [0.5, 0.6) is 5.75 Å². The van der Waals surface area contributed by atoms with Crippen molar-refractivity contribution in [2.45, 2.75) is 24.9 Å². The summed E-state index contributed by atoms with van der Waals surface area (Å²) in [7, 11) is 0. The van der Waals surface area contributed by atoms with Gasteiger partial charge in [-0.1, -0.05) is 41.4 Å². The standard InChI is InChI=1S/C21H22Cl2N2O3/c22-16-4-3-5-17(23)20(16)27-13-15(26)12-25-10-8-14(9-11-25)21-24-18-6-1-2-7-19(18)28-21/h1-7,14-15,26H,8-13H2. The van der Waals surface area contributed by atoms with Gasteiger partial charge in [0.2, 0.25) is 0 Å². The zero-order chi connectivity index (χ0) is 19.5. The van der Waals surface area contributed by atoms with E-state index in [0.29, 0.717) is 28.3 Å². The fraction of sp³-hybridized carbons (Fsp3) is 0.381. The highest BCUT2D eigenvalue weighted by Crippen LogP contribution is 2.33. The molecule has 0 spiro atoms. The Morgan fingerprint density at radius 3 is 2.54 bits per heavy atom. The Morgan fingerprint density at radius 2 is 1.82 bits per heavy atom. The number of halogens is 2. The first-order chi connectivity index (χ1) is 13.6. The van der Waals surface area contributed by atoms with Crippen molar-refractivity contribution in [2.75, 3.05) is 26.2 Å². The van der Waals surface area contributed by atoms with Gasteiger partial charge in [0, 0.05) is 12.5 Å².